The van der Waals surface area contributed by atoms with Crippen LogP contribution in [-0.2, 0) is 4.74 Å². The zero-order valence-electron chi connectivity index (χ0n) is 9.07. The van der Waals surface area contributed by atoms with E-state index < -0.39 is 0 Å². The van der Waals surface area contributed by atoms with E-state index in [1.165, 1.54) is 0 Å². The number of rotatable bonds is 1. The van der Waals surface area contributed by atoms with Crippen molar-refractivity contribution in [1.82, 2.24) is 9.97 Å². The van der Waals surface area contributed by atoms with E-state index in [4.69, 9.17) is 10.5 Å². The molecule has 0 spiro atoms. The fraction of sp³-hybridized carbons (Fsp3) is 0.417. The molecular formula is C12H15N3O. The highest BCUT2D eigenvalue weighted by atomic mass is 16.5. The number of aromatic nitrogens is 2. The summed E-state index contributed by atoms with van der Waals surface area (Å²) in [4.78, 5) is 7.97. The second kappa shape index (κ2) is 3.79. The Kier molecular flexibility index (Phi) is 2.29. The molecule has 16 heavy (non-hydrogen) atoms. The average Bonchev–Trinajstić information content (AvgIpc) is 2.73. The zero-order chi connectivity index (χ0) is 11.0. The number of nitrogens with zero attached hydrogens (tertiary/aromatic N) is 1. The average molecular weight is 217 g/mol. The van der Waals surface area contributed by atoms with Gasteiger partial charge in [0.15, 0.2) is 0 Å². The maximum atomic E-state index is 5.74. The first-order valence-corrected chi connectivity index (χ1v) is 5.66. The van der Waals surface area contributed by atoms with E-state index in [9.17, 15) is 0 Å². The molecule has 0 radical (unpaired) electrons. The van der Waals surface area contributed by atoms with Crippen molar-refractivity contribution in [2.45, 2.75) is 18.8 Å². The fourth-order valence-corrected chi connectivity index (χ4v) is 2.21. The SMILES string of the molecule is Nc1ccc2nc(C3CCOCC3)[nH]c2c1. The van der Waals surface area contributed by atoms with Crippen LogP contribution in [0.25, 0.3) is 11.0 Å². The minimum absolute atomic E-state index is 0.502. The first kappa shape index (κ1) is 9.66. The van der Waals surface area contributed by atoms with Crippen LogP contribution >= 0.6 is 0 Å². The summed E-state index contributed by atoms with van der Waals surface area (Å²) in [6.07, 6.45) is 2.10. The van der Waals surface area contributed by atoms with Crippen LogP contribution in [0.5, 0.6) is 0 Å². The van der Waals surface area contributed by atoms with Gasteiger partial charge in [-0.05, 0) is 31.0 Å². The van der Waals surface area contributed by atoms with Crippen molar-refractivity contribution in [1.29, 1.82) is 0 Å². The lowest BCUT2D eigenvalue weighted by Gasteiger charge is -2.19. The van der Waals surface area contributed by atoms with Crippen molar-refractivity contribution >= 4 is 16.7 Å². The highest BCUT2D eigenvalue weighted by Gasteiger charge is 2.19. The first-order valence-electron chi connectivity index (χ1n) is 5.66. The molecule has 2 aromatic rings. The van der Waals surface area contributed by atoms with Crippen molar-refractivity contribution < 1.29 is 4.74 Å². The van der Waals surface area contributed by atoms with Gasteiger partial charge >= 0.3 is 0 Å². The summed E-state index contributed by atoms with van der Waals surface area (Å²) < 4.78 is 5.35. The van der Waals surface area contributed by atoms with Crippen molar-refractivity contribution in [3.8, 4) is 0 Å². The Morgan fingerprint density at radius 2 is 2.12 bits per heavy atom. The van der Waals surface area contributed by atoms with Gasteiger partial charge in [-0.3, -0.25) is 0 Å². The summed E-state index contributed by atoms with van der Waals surface area (Å²) in [5.41, 5.74) is 8.54. The first-order chi connectivity index (χ1) is 7.83. The van der Waals surface area contributed by atoms with Gasteiger partial charge in [-0.25, -0.2) is 4.98 Å². The molecule has 84 valence electrons. The highest BCUT2D eigenvalue weighted by molar-refractivity contribution is 5.78. The maximum absolute atomic E-state index is 5.74. The summed E-state index contributed by atoms with van der Waals surface area (Å²) in [5, 5.41) is 0. The van der Waals surface area contributed by atoms with Crippen LogP contribution in [0.2, 0.25) is 0 Å². The number of fused-ring (bicyclic) bond motifs is 1. The molecule has 1 fully saturated rings. The van der Waals surface area contributed by atoms with Crippen LogP contribution in [0.15, 0.2) is 18.2 Å². The molecule has 1 aliphatic heterocycles. The van der Waals surface area contributed by atoms with Gasteiger partial charge in [0.1, 0.15) is 5.82 Å². The van der Waals surface area contributed by atoms with Crippen LogP contribution in [0.1, 0.15) is 24.6 Å². The van der Waals surface area contributed by atoms with Crippen molar-refractivity contribution in [3.63, 3.8) is 0 Å². The molecule has 0 aliphatic carbocycles. The molecule has 3 rings (SSSR count). The number of anilines is 1. The van der Waals surface area contributed by atoms with E-state index in [2.05, 4.69) is 9.97 Å². The molecule has 2 heterocycles. The van der Waals surface area contributed by atoms with E-state index in [-0.39, 0.29) is 0 Å². The Morgan fingerprint density at radius 1 is 1.31 bits per heavy atom. The van der Waals surface area contributed by atoms with E-state index in [1.54, 1.807) is 0 Å². The molecule has 4 heteroatoms. The van der Waals surface area contributed by atoms with Crippen molar-refractivity contribution in [3.05, 3.63) is 24.0 Å². The number of H-pyrrole nitrogens is 1. The second-order valence-electron chi connectivity index (χ2n) is 4.29. The minimum Gasteiger partial charge on any atom is -0.399 e. The maximum Gasteiger partial charge on any atom is 0.110 e. The lowest BCUT2D eigenvalue weighted by atomic mass is 10.00. The van der Waals surface area contributed by atoms with E-state index in [1.807, 2.05) is 18.2 Å². The number of aromatic amines is 1. The van der Waals surface area contributed by atoms with Crippen molar-refractivity contribution in [2.24, 2.45) is 0 Å². The number of hydrogen-bond donors (Lipinski definition) is 2. The zero-order valence-corrected chi connectivity index (χ0v) is 9.07. The third kappa shape index (κ3) is 1.65. The third-order valence-corrected chi connectivity index (χ3v) is 3.13. The lowest BCUT2D eigenvalue weighted by molar-refractivity contribution is 0.0838. The number of benzene rings is 1. The number of nitrogens with one attached hydrogen (secondary N) is 1. The standard InChI is InChI=1S/C12H15N3O/c13-9-1-2-10-11(7-9)15-12(14-10)8-3-5-16-6-4-8/h1-2,7-8H,3-6,13H2,(H,14,15). The summed E-state index contributed by atoms with van der Waals surface area (Å²) >= 11 is 0. The van der Waals surface area contributed by atoms with Crippen LogP contribution in [0.4, 0.5) is 5.69 Å². The normalized spacial score (nSPS) is 18.0. The molecule has 4 nitrogen and oxygen atoms in total. The predicted octanol–water partition coefficient (Wildman–Crippen LogP) is 2.04. The Balaban J connectivity index is 1.97. The number of nitrogens with two attached hydrogens (primary N) is 1. The molecule has 0 bridgehead atoms. The molecule has 1 aromatic heterocycles. The van der Waals surface area contributed by atoms with Gasteiger partial charge in [-0.15, -0.1) is 0 Å². The molecule has 3 N–H and O–H groups in total. The van der Waals surface area contributed by atoms with Crippen LogP contribution in [0, 0.1) is 0 Å². The molecule has 1 saturated heterocycles. The topological polar surface area (TPSA) is 63.9 Å². The Bertz CT molecular complexity index is 500. The van der Waals surface area contributed by atoms with E-state index >= 15 is 0 Å². The quantitative estimate of drug-likeness (QED) is 0.718. The summed E-state index contributed by atoms with van der Waals surface area (Å²) in [6, 6.07) is 5.78. The number of ether oxygens (including phenoxy) is 1. The molecule has 0 saturated carbocycles. The molecule has 1 aliphatic rings. The van der Waals surface area contributed by atoms with Gasteiger partial charge in [0, 0.05) is 24.8 Å². The van der Waals surface area contributed by atoms with Gasteiger partial charge in [0.05, 0.1) is 11.0 Å². The van der Waals surface area contributed by atoms with E-state index in [0.29, 0.717) is 5.92 Å². The summed E-state index contributed by atoms with van der Waals surface area (Å²) in [6.45, 7) is 1.67. The molecule has 0 amide bonds. The smallest absolute Gasteiger partial charge is 0.110 e. The molecular weight excluding hydrogens is 202 g/mol. The summed E-state index contributed by atoms with van der Waals surface area (Å²) in [7, 11) is 0. The molecule has 0 atom stereocenters. The van der Waals surface area contributed by atoms with E-state index in [0.717, 1.165) is 48.6 Å². The Morgan fingerprint density at radius 3 is 2.94 bits per heavy atom. The summed E-state index contributed by atoms with van der Waals surface area (Å²) in [5.74, 6) is 1.58. The van der Waals surface area contributed by atoms with Gasteiger partial charge in [0.2, 0.25) is 0 Å². The number of nitrogen functional groups attached to an aromatic ring is 1. The monoisotopic (exact) mass is 217 g/mol. The Hall–Kier alpha value is -1.55. The van der Waals surface area contributed by atoms with Crippen LogP contribution < -0.4 is 5.73 Å². The number of hydrogen-bond acceptors (Lipinski definition) is 3. The third-order valence-electron chi connectivity index (χ3n) is 3.13. The van der Waals surface area contributed by atoms with Gasteiger partial charge < -0.3 is 15.5 Å². The Labute approximate surface area is 93.8 Å². The fourth-order valence-electron chi connectivity index (χ4n) is 2.21. The highest BCUT2D eigenvalue weighted by Crippen LogP contribution is 2.26. The number of imidazole rings is 1. The van der Waals surface area contributed by atoms with Crippen molar-refractivity contribution in [2.75, 3.05) is 18.9 Å². The molecule has 1 aromatic carbocycles. The predicted molar refractivity (Wildman–Crippen MR) is 63.3 cm³/mol. The van der Waals surface area contributed by atoms with Gasteiger partial charge in [-0.2, -0.15) is 0 Å². The molecule has 0 unspecified atom stereocenters. The lowest BCUT2D eigenvalue weighted by Crippen LogP contribution is -2.15. The van der Waals surface area contributed by atoms with Gasteiger partial charge in [-0.1, -0.05) is 0 Å². The minimum atomic E-state index is 0.502. The van der Waals surface area contributed by atoms with Crippen LogP contribution in [-0.4, -0.2) is 23.2 Å². The van der Waals surface area contributed by atoms with Gasteiger partial charge in [0.25, 0.3) is 0 Å². The second-order valence-corrected chi connectivity index (χ2v) is 4.29. The largest absolute Gasteiger partial charge is 0.399 e. The van der Waals surface area contributed by atoms with Crippen LogP contribution in [0.3, 0.4) is 0 Å².